The fraction of sp³-hybridized carbons (Fsp3) is 0.120. The summed E-state index contributed by atoms with van der Waals surface area (Å²) in [7, 11) is 0. The van der Waals surface area contributed by atoms with Gasteiger partial charge in [0.05, 0.1) is 30.0 Å². The van der Waals surface area contributed by atoms with Crippen LogP contribution in [0.3, 0.4) is 0 Å². The second-order valence-electron chi connectivity index (χ2n) is 7.14. The average molecular weight is 549 g/mol. The molecule has 3 aromatic rings. The number of ether oxygens (including phenoxy) is 2. The SMILES string of the molecule is CCOc1cc(/C=N/NC(=O)CNC(=O)c2cccc(Cl)c2)ccc1OC(=O)c1ccc(Cl)cc1Cl. The topological polar surface area (TPSA) is 106 Å². The van der Waals surface area contributed by atoms with E-state index in [1.165, 1.54) is 36.5 Å². The first-order chi connectivity index (χ1) is 17.3. The first kappa shape index (κ1) is 27.0. The highest BCUT2D eigenvalue weighted by Crippen LogP contribution is 2.30. The van der Waals surface area contributed by atoms with Crippen molar-refractivity contribution < 1.29 is 23.9 Å². The Morgan fingerprint density at radius 2 is 1.72 bits per heavy atom. The summed E-state index contributed by atoms with van der Waals surface area (Å²) in [5.41, 5.74) is 3.37. The van der Waals surface area contributed by atoms with Crippen LogP contribution in [0, 0.1) is 0 Å². The van der Waals surface area contributed by atoms with Crippen molar-refractivity contribution in [3.8, 4) is 11.5 Å². The molecular weight excluding hydrogens is 529 g/mol. The number of hydrogen-bond acceptors (Lipinski definition) is 6. The number of hydrazone groups is 1. The van der Waals surface area contributed by atoms with E-state index in [1.807, 2.05) is 0 Å². The molecule has 0 spiro atoms. The van der Waals surface area contributed by atoms with Crippen LogP contribution >= 0.6 is 34.8 Å². The normalized spacial score (nSPS) is 10.7. The number of benzene rings is 3. The molecule has 186 valence electrons. The zero-order valence-electron chi connectivity index (χ0n) is 18.9. The Labute approximate surface area is 222 Å². The Kier molecular flexibility index (Phi) is 9.69. The van der Waals surface area contributed by atoms with E-state index in [1.54, 1.807) is 37.3 Å². The van der Waals surface area contributed by atoms with Gasteiger partial charge in [0, 0.05) is 15.6 Å². The summed E-state index contributed by atoms with van der Waals surface area (Å²) < 4.78 is 11.0. The third kappa shape index (κ3) is 7.71. The lowest BCUT2D eigenvalue weighted by atomic mass is 10.2. The van der Waals surface area contributed by atoms with Gasteiger partial charge in [-0.25, -0.2) is 10.2 Å². The molecule has 0 aromatic heterocycles. The maximum Gasteiger partial charge on any atom is 0.345 e. The van der Waals surface area contributed by atoms with Gasteiger partial charge in [-0.1, -0.05) is 40.9 Å². The quantitative estimate of drug-likeness (QED) is 0.167. The third-order valence-corrected chi connectivity index (χ3v) is 5.30. The molecule has 0 fully saturated rings. The number of carbonyl (C=O) groups excluding carboxylic acids is 3. The minimum Gasteiger partial charge on any atom is -0.490 e. The number of nitrogens with one attached hydrogen (secondary N) is 2. The van der Waals surface area contributed by atoms with Crippen LogP contribution in [-0.4, -0.2) is 37.1 Å². The first-order valence-electron chi connectivity index (χ1n) is 10.6. The first-order valence-corrected chi connectivity index (χ1v) is 11.7. The number of amides is 2. The molecule has 0 saturated heterocycles. The maximum absolute atomic E-state index is 12.5. The van der Waals surface area contributed by atoms with Gasteiger partial charge in [-0.3, -0.25) is 9.59 Å². The van der Waals surface area contributed by atoms with Crippen LogP contribution < -0.4 is 20.2 Å². The molecule has 11 heteroatoms. The smallest absolute Gasteiger partial charge is 0.345 e. The summed E-state index contributed by atoms with van der Waals surface area (Å²) in [6.45, 7) is 1.81. The molecule has 2 N–H and O–H groups in total. The number of halogens is 3. The maximum atomic E-state index is 12.5. The van der Waals surface area contributed by atoms with Crippen LogP contribution in [0.1, 0.15) is 33.2 Å². The van der Waals surface area contributed by atoms with E-state index in [9.17, 15) is 14.4 Å². The zero-order chi connectivity index (χ0) is 26.1. The summed E-state index contributed by atoms with van der Waals surface area (Å²) in [5.74, 6) is -1.18. The highest BCUT2D eigenvalue weighted by molar-refractivity contribution is 6.36. The van der Waals surface area contributed by atoms with Crippen molar-refractivity contribution in [2.24, 2.45) is 5.10 Å². The van der Waals surface area contributed by atoms with E-state index in [4.69, 9.17) is 44.3 Å². The second-order valence-corrected chi connectivity index (χ2v) is 8.42. The monoisotopic (exact) mass is 547 g/mol. The van der Waals surface area contributed by atoms with E-state index in [2.05, 4.69) is 15.8 Å². The van der Waals surface area contributed by atoms with Gasteiger partial charge in [0.1, 0.15) is 0 Å². The lowest BCUT2D eigenvalue weighted by molar-refractivity contribution is -0.120. The Hall–Kier alpha value is -3.59. The Morgan fingerprint density at radius 3 is 2.44 bits per heavy atom. The molecule has 3 rings (SSSR count). The molecular formula is C25H20Cl3N3O5. The lowest BCUT2D eigenvalue weighted by Crippen LogP contribution is -2.34. The number of nitrogens with zero attached hydrogens (tertiary/aromatic N) is 1. The predicted octanol–water partition coefficient (Wildman–Crippen LogP) is 5.14. The summed E-state index contributed by atoms with van der Waals surface area (Å²) in [6.07, 6.45) is 1.38. The summed E-state index contributed by atoms with van der Waals surface area (Å²) in [5, 5.41) is 7.32. The third-order valence-electron chi connectivity index (χ3n) is 4.52. The van der Waals surface area contributed by atoms with E-state index < -0.39 is 17.8 Å². The number of esters is 1. The molecule has 0 heterocycles. The minimum absolute atomic E-state index is 0.152. The fourth-order valence-corrected chi connectivity index (χ4v) is 3.55. The van der Waals surface area contributed by atoms with Gasteiger partial charge in [-0.05, 0) is 67.1 Å². The highest BCUT2D eigenvalue weighted by Gasteiger charge is 2.16. The largest absolute Gasteiger partial charge is 0.490 e. The van der Waals surface area contributed by atoms with Gasteiger partial charge in [0.25, 0.3) is 11.8 Å². The number of hydrogen-bond donors (Lipinski definition) is 2. The van der Waals surface area contributed by atoms with Gasteiger partial charge < -0.3 is 14.8 Å². The van der Waals surface area contributed by atoms with E-state index >= 15 is 0 Å². The fourth-order valence-electron chi connectivity index (χ4n) is 2.88. The van der Waals surface area contributed by atoms with Crippen molar-refractivity contribution in [1.29, 1.82) is 0 Å². The van der Waals surface area contributed by atoms with E-state index in [0.29, 0.717) is 33.5 Å². The van der Waals surface area contributed by atoms with Gasteiger partial charge in [0.15, 0.2) is 11.5 Å². The van der Waals surface area contributed by atoms with Crippen molar-refractivity contribution in [3.63, 3.8) is 0 Å². The van der Waals surface area contributed by atoms with Gasteiger partial charge >= 0.3 is 5.97 Å². The van der Waals surface area contributed by atoms with Crippen LogP contribution in [-0.2, 0) is 4.79 Å². The van der Waals surface area contributed by atoms with Crippen LogP contribution in [0.15, 0.2) is 65.8 Å². The molecule has 3 aromatic carbocycles. The lowest BCUT2D eigenvalue weighted by Gasteiger charge is -2.12. The molecule has 0 aliphatic rings. The predicted molar refractivity (Wildman–Crippen MR) is 139 cm³/mol. The van der Waals surface area contributed by atoms with Crippen molar-refractivity contribution in [1.82, 2.24) is 10.7 Å². The summed E-state index contributed by atoms with van der Waals surface area (Å²) in [4.78, 5) is 36.6. The van der Waals surface area contributed by atoms with Gasteiger partial charge in [-0.15, -0.1) is 0 Å². The molecule has 0 atom stereocenters. The summed E-state index contributed by atoms with van der Waals surface area (Å²) >= 11 is 17.8. The Balaban J connectivity index is 1.59. The number of rotatable bonds is 9. The van der Waals surface area contributed by atoms with Crippen LogP contribution in [0.2, 0.25) is 15.1 Å². The highest BCUT2D eigenvalue weighted by atomic mass is 35.5. The van der Waals surface area contributed by atoms with Crippen LogP contribution in [0.4, 0.5) is 0 Å². The van der Waals surface area contributed by atoms with Gasteiger partial charge in [0.2, 0.25) is 0 Å². The average Bonchev–Trinajstić information content (AvgIpc) is 2.84. The molecule has 0 saturated carbocycles. The molecule has 0 aliphatic carbocycles. The molecule has 0 radical (unpaired) electrons. The number of carbonyl (C=O) groups is 3. The van der Waals surface area contributed by atoms with Crippen molar-refractivity contribution in [2.75, 3.05) is 13.2 Å². The molecule has 0 unspecified atom stereocenters. The van der Waals surface area contributed by atoms with Crippen LogP contribution in [0.25, 0.3) is 0 Å². The standard InChI is InChI=1S/C25H20Cl3N3O5/c1-2-35-22-10-15(6-9-21(22)36-25(34)19-8-7-18(27)12-20(19)28)13-30-31-23(32)14-29-24(33)16-4-3-5-17(26)11-16/h3-13H,2,14H2,1H3,(H,29,33)(H,31,32)/b30-13+. The van der Waals surface area contributed by atoms with Crippen LogP contribution in [0.5, 0.6) is 11.5 Å². The molecule has 0 aliphatic heterocycles. The summed E-state index contributed by atoms with van der Waals surface area (Å²) in [6, 6.07) is 15.5. The minimum atomic E-state index is -0.675. The zero-order valence-corrected chi connectivity index (χ0v) is 21.2. The van der Waals surface area contributed by atoms with E-state index in [0.717, 1.165) is 0 Å². The molecule has 8 nitrogen and oxygen atoms in total. The Bertz CT molecular complexity index is 1310. The van der Waals surface area contributed by atoms with E-state index in [-0.39, 0.29) is 22.9 Å². The van der Waals surface area contributed by atoms with Crippen molar-refractivity contribution >= 4 is 58.8 Å². The molecule has 0 bridgehead atoms. The second kappa shape index (κ2) is 12.9. The molecule has 36 heavy (non-hydrogen) atoms. The van der Waals surface area contributed by atoms with Gasteiger partial charge in [-0.2, -0.15) is 5.10 Å². The van der Waals surface area contributed by atoms with Crippen molar-refractivity contribution in [3.05, 3.63) is 92.4 Å². The van der Waals surface area contributed by atoms with Crippen molar-refractivity contribution in [2.45, 2.75) is 6.92 Å². The molecule has 2 amide bonds. The Morgan fingerprint density at radius 1 is 0.944 bits per heavy atom.